The fourth-order valence-corrected chi connectivity index (χ4v) is 2.81. The maximum absolute atomic E-state index is 11.3. The predicted octanol–water partition coefficient (Wildman–Crippen LogP) is 2.77. The minimum atomic E-state index is -0.551. The third kappa shape index (κ3) is 3.02. The van der Waals surface area contributed by atoms with Crippen LogP contribution in [0, 0.1) is 0 Å². The van der Waals surface area contributed by atoms with Crippen LogP contribution in [0.1, 0.15) is 15.2 Å². The molecule has 0 aliphatic heterocycles. The number of amides is 1. The standard InChI is InChI=1S/C12H11BrN2O2S/c13-7-3-9(18-6-7)5-17-11-2-1-8(14)4-10(11)12(15)16/h1-4,6H,5,14H2,(H2,15,16). The van der Waals surface area contributed by atoms with E-state index in [-0.39, 0.29) is 0 Å². The molecule has 2 aromatic rings. The van der Waals surface area contributed by atoms with Crippen LogP contribution in [0.2, 0.25) is 0 Å². The van der Waals surface area contributed by atoms with Gasteiger partial charge in [0.25, 0.3) is 5.91 Å². The van der Waals surface area contributed by atoms with Crippen LogP contribution in [-0.2, 0) is 6.61 Å². The highest BCUT2D eigenvalue weighted by molar-refractivity contribution is 9.10. The fraction of sp³-hybridized carbons (Fsp3) is 0.0833. The Labute approximate surface area is 117 Å². The van der Waals surface area contributed by atoms with E-state index in [4.69, 9.17) is 16.2 Å². The summed E-state index contributed by atoms with van der Waals surface area (Å²) in [7, 11) is 0. The zero-order valence-corrected chi connectivity index (χ0v) is 11.8. The summed E-state index contributed by atoms with van der Waals surface area (Å²) < 4.78 is 6.60. The van der Waals surface area contributed by atoms with E-state index in [1.807, 2.05) is 11.4 Å². The first-order valence-electron chi connectivity index (χ1n) is 5.11. The van der Waals surface area contributed by atoms with Crippen molar-refractivity contribution in [2.45, 2.75) is 6.61 Å². The molecule has 0 radical (unpaired) electrons. The maximum Gasteiger partial charge on any atom is 0.252 e. The molecule has 0 aliphatic rings. The lowest BCUT2D eigenvalue weighted by atomic mass is 10.1. The summed E-state index contributed by atoms with van der Waals surface area (Å²) in [6, 6.07) is 6.80. The van der Waals surface area contributed by atoms with Crippen molar-refractivity contribution in [3.05, 3.63) is 44.6 Å². The van der Waals surface area contributed by atoms with Gasteiger partial charge in [0, 0.05) is 20.4 Å². The Kier molecular flexibility index (Phi) is 3.88. The number of rotatable bonds is 4. The Bertz CT molecular complexity index is 583. The lowest BCUT2D eigenvalue weighted by Crippen LogP contribution is -2.13. The van der Waals surface area contributed by atoms with Gasteiger partial charge < -0.3 is 16.2 Å². The normalized spacial score (nSPS) is 10.3. The summed E-state index contributed by atoms with van der Waals surface area (Å²) >= 11 is 4.94. The van der Waals surface area contributed by atoms with Crippen LogP contribution in [0.25, 0.3) is 0 Å². The summed E-state index contributed by atoms with van der Waals surface area (Å²) in [5.41, 5.74) is 11.7. The van der Waals surface area contributed by atoms with Crippen LogP contribution >= 0.6 is 27.3 Å². The Hall–Kier alpha value is -1.53. The molecule has 0 spiro atoms. The van der Waals surface area contributed by atoms with Gasteiger partial charge in [-0.15, -0.1) is 11.3 Å². The molecule has 0 bridgehead atoms. The molecule has 94 valence electrons. The largest absolute Gasteiger partial charge is 0.487 e. The average Bonchev–Trinajstić information content (AvgIpc) is 2.73. The van der Waals surface area contributed by atoms with Crippen LogP contribution in [0.4, 0.5) is 5.69 Å². The number of benzene rings is 1. The number of hydrogen-bond acceptors (Lipinski definition) is 4. The van der Waals surface area contributed by atoms with Gasteiger partial charge in [-0.25, -0.2) is 0 Å². The van der Waals surface area contributed by atoms with Crippen LogP contribution in [0.15, 0.2) is 34.1 Å². The molecule has 1 aromatic carbocycles. The number of halogens is 1. The van der Waals surface area contributed by atoms with E-state index in [1.165, 1.54) is 6.07 Å². The number of anilines is 1. The minimum absolute atomic E-state index is 0.297. The highest BCUT2D eigenvalue weighted by Crippen LogP contribution is 2.25. The van der Waals surface area contributed by atoms with Crippen molar-refractivity contribution in [3.63, 3.8) is 0 Å². The topological polar surface area (TPSA) is 78.3 Å². The third-order valence-corrected chi connectivity index (χ3v) is 3.93. The zero-order valence-electron chi connectivity index (χ0n) is 9.35. The number of hydrogen-bond donors (Lipinski definition) is 2. The van der Waals surface area contributed by atoms with Crippen molar-refractivity contribution in [2.75, 3.05) is 5.73 Å². The van der Waals surface area contributed by atoms with Gasteiger partial charge in [-0.1, -0.05) is 0 Å². The van der Waals surface area contributed by atoms with Crippen LogP contribution in [0.5, 0.6) is 5.75 Å². The number of nitrogen functional groups attached to an aromatic ring is 1. The molecule has 4 nitrogen and oxygen atoms in total. The summed E-state index contributed by atoms with van der Waals surface area (Å²) in [6.45, 7) is 0.389. The summed E-state index contributed by atoms with van der Waals surface area (Å²) in [5.74, 6) is -0.106. The van der Waals surface area contributed by atoms with Crippen molar-refractivity contribution < 1.29 is 9.53 Å². The molecule has 1 amide bonds. The smallest absolute Gasteiger partial charge is 0.252 e. The van der Waals surface area contributed by atoms with Crippen molar-refractivity contribution in [2.24, 2.45) is 5.73 Å². The maximum atomic E-state index is 11.3. The molecule has 0 aliphatic carbocycles. The first kappa shape index (κ1) is 12.9. The monoisotopic (exact) mass is 326 g/mol. The SMILES string of the molecule is NC(=O)c1cc(N)ccc1OCc1cc(Br)cs1. The van der Waals surface area contributed by atoms with E-state index in [2.05, 4.69) is 15.9 Å². The third-order valence-electron chi connectivity index (χ3n) is 2.26. The molecule has 0 fully saturated rings. The first-order chi connectivity index (χ1) is 8.56. The van der Waals surface area contributed by atoms with Gasteiger partial charge in [-0.05, 0) is 40.2 Å². The van der Waals surface area contributed by atoms with Gasteiger partial charge in [-0.3, -0.25) is 4.79 Å². The van der Waals surface area contributed by atoms with Crippen molar-refractivity contribution in [1.82, 2.24) is 0 Å². The molecular weight excluding hydrogens is 316 g/mol. The average molecular weight is 327 g/mol. The quantitative estimate of drug-likeness (QED) is 0.848. The van der Waals surface area contributed by atoms with E-state index in [0.717, 1.165) is 9.35 Å². The van der Waals surface area contributed by atoms with E-state index < -0.39 is 5.91 Å². The molecule has 0 saturated heterocycles. The molecule has 0 atom stereocenters. The molecule has 18 heavy (non-hydrogen) atoms. The molecular formula is C12H11BrN2O2S. The summed E-state index contributed by atoms with van der Waals surface area (Å²) in [6.07, 6.45) is 0. The Balaban J connectivity index is 2.16. The minimum Gasteiger partial charge on any atom is -0.487 e. The van der Waals surface area contributed by atoms with Crippen molar-refractivity contribution in [1.29, 1.82) is 0 Å². The second-order valence-electron chi connectivity index (χ2n) is 3.64. The molecule has 2 rings (SSSR count). The molecule has 4 N–H and O–H groups in total. The van der Waals surface area contributed by atoms with Crippen molar-refractivity contribution in [3.8, 4) is 5.75 Å². The van der Waals surface area contributed by atoms with E-state index >= 15 is 0 Å². The number of thiophene rings is 1. The van der Waals surface area contributed by atoms with Gasteiger partial charge >= 0.3 is 0 Å². The summed E-state index contributed by atoms with van der Waals surface area (Å²) in [4.78, 5) is 12.3. The zero-order chi connectivity index (χ0) is 13.1. The second-order valence-corrected chi connectivity index (χ2v) is 5.55. The number of primary amides is 1. The number of carbonyl (C=O) groups excluding carboxylic acids is 1. The lowest BCUT2D eigenvalue weighted by molar-refractivity contribution is 0.0996. The molecule has 0 saturated carbocycles. The van der Waals surface area contributed by atoms with Crippen LogP contribution < -0.4 is 16.2 Å². The predicted molar refractivity (Wildman–Crippen MR) is 75.7 cm³/mol. The van der Waals surface area contributed by atoms with E-state index in [1.54, 1.807) is 23.5 Å². The molecule has 1 aromatic heterocycles. The number of nitrogens with two attached hydrogens (primary N) is 2. The van der Waals surface area contributed by atoms with Gasteiger partial charge in [0.15, 0.2) is 0 Å². The fourth-order valence-electron chi connectivity index (χ4n) is 1.44. The van der Waals surface area contributed by atoms with Gasteiger partial charge in [0.1, 0.15) is 12.4 Å². The number of carbonyl (C=O) groups is 1. The Morgan fingerprint density at radius 3 is 2.78 bits per heavy atom. The van der Waals surface area contributed by atoms with E-state index in [9.17, 15) is 4.79 Å². The van der Waals surface area contributed by atoms with Gasteiger partial charge in [0.2, 0.25) is 0 Å². The molecule has 6 heteroatoms. The lowest BCUT2D eigenvalue weighted by Gasteiger charge is -2.09. The highest BCUT2D eigenvalue weighted by Gasteiger charge is 2.10. The first-order valence-corrected chi connectivity index (χ1v) is 6.78. The van der Waals surface area contributed by atoms with Crippen LogP contribution in [0.3, 0.4) is 0 Å². The van der Waals surface area contributed by atoms with Crippen LogP contribution in [-0.4, -0.2) is 5.91 Å². The number of ether oxygens (including phenoxy) is 1. The van der Waals surface area contributed by atoms with E-state index in [0.29, 0.717) is 23.6 Å². The molecule has 0 unspecified atom stereocenters. The summed E-state index contributed by atoms with van der Waals surface area (Å²) in [5, 5.41) is 1.97. The Morgan fingerprint density at radius 1 is 1.39 bits per heavy atom. The van der Waals surface area contributed by atoms with Gasteiger partial charge in [-0.2, -0.15) is 0 Å². The Morgan fingerprint density at radius 2 is 2.17 bits per heavy atom. The van der Waals surface area contributed by atoms with Crippen molar-refractivity contribution >= 4 is 38.9 Å². The highest BCUT2D eigenvalue weighted by atomic mass is 79.9. The van der Waals surface area contributed by atoms with Gasteiger partial charge in [0.05, 0.1) is 5.56 Å². The molecule has 1 heterocycles. The second kappa shape index (κ2) is 5.41.